The summed E-state index contributed by atoms with van der Waals surface area (Å²) in [6.07, 6.45) is 0. The fourth-order valence-corrected chi connectivity index (χ4v) is 8.43. The number of nitrogens with zero attached hydrogens (tertiary/aromatic N) is 4. The van der Waals surface area contributed by atoms with Crippen LogP contribution in [0.15, 0.2) is 231 Å². The topological polar surface area (TPSA) is 43.6 Å². The molecule has 0 saturated carbocycles. The van der Waals surface area contributed by atoms with Crippen molar-refractivity contribution in [1.82, 2.24) is 19.5 Å². The average molecular weight is 779 g/mol. The molecule has 286 valence electrons. The van der Waals surface area contributed by atoms with Crippen LogP contribution in [-0.4, -0.2) is 19.5 Å². The highest BCUT2D eigenvalue weighted by Crippen LogP contribution is 2.39. The van der Waals surface area contributed by atoms with Gasteiger partial charge in [0, 0.05) is 33.0 Å². The quantitative estimate of drug-likeness (QED) is 0.154. The molecular weight excluding hydrogens is 741 g/mol. The molecular formula is C57H38N4. The molecule has 0 radical (unpaired) electrons. The van der Waals surface area contributed by atoms with Crippen LogP contribution in [0.1, 0.15) is 0 Å². The smallest absolute Gasteiger partial charge is 0.164 e. The summed E-state index contributed by atoms with van der Waals surface area (Å²) in [5, 5.41) is 2.41. The molecule has 0 aliphatic carbocycles. The molecule has 11 rings (SSSR count). The molecule has 0 amide bonds. The summed E-state index contributed by atoms with van der Waals surface area (Å²) in [5.74, 6) is 1.83. The van der Waals surface area contributed by atoms with E-state index < -0.39 is 0 Å². The fourth-order valence-electron chi connectivity index (χ4n) is 8.43. The Morgan fingerprint density at radius 1 is 0.246 bits per heavy atom. The Labute approximate surface area is 354 Å². The van der Waals surface area contributed by atoms with Gasteiger partial charge in [0.15, 0.2) is 17.5 Å². The molecule has 9 aromatic carbocycles. The van der Waals surface area contributed by atoms with Gasteiger partial charge in [0.05, 0.1) is 16.7 Å². The molecule has 4 heteroatoms. The second-order valence-electron chi connectivity index (χ2n) is 15.2. The lowest BCUT2D eigenvalue weighted by Gasteiger charge is -2.17. The number of hydrogen-bond donors (Lipinski definition) is 0. The number of para-hydroxylation sites is 2. The van der Waals surface area contributed by atoms with Crippen molar-refractivity contribution in [2.45, 2.75) is 0 Å². The Morgan fingerprint density at radius 3 is 1.11 bits per heavy atom. The van der Waals surface area contributed by atoms with Gasteiger partial charge in [0.25, 0.3) is 0 Å². The molecule has 2 aromatic heterocycles. The highest BCUT2D eigenvalue weighted by molar-refractivity contribution is 6.10. The van der Waals surface area contributed by atoms with E-state index in [9.17, 15) is 0 Å². The molecule has 0 aliphatic rings. The summed E-state index contributed by atoms with van der Waals surface area (Å²) in [6.45, 7) is 0. The number of aromatic nitrogens is 4. The molecule has 0 spiro atoms. The number of benzene rings is 9. The van der Waals surface area contributed by atoms with Gasteiger partial charge in [0.2, 0.25) is 0 Å². The number of hydrogen-bond acceptors (Lipinski definition) is 3. The van der Waals surface area contributed by atoms with Crippen LogP contribution in [0, 0.1) is 0 Å². The lowest BCUT2D eigenvalue weighted by atomic mass is 9.96. The highest BCUT2D eigenvalue weighted by atomic mass is 15.0. The minimum atomic E-state index is 0.603. The molecule has 61 heavy (non-hydrogen) atoms. The predicted molar refractivity (Wildman–Crippen MR) is 252 cm³/mol. The molecule has 0 fully saturated rings. The minimum Gasteiger partial charge on any atom is -0.309 e. The number of fused-ring (bicyclic) bond motifs is 3. The minimum absolute atomic E-state index is 0.603. The summed E-state index contributed by atoms with van der Waals surface area (Å²) in [5.41, 5.74) is 15.2. The van der Waals surface area contributed by atoms with E-state index in [1.807, 2.05) is 12.1 Å². The van der Waals surface area contributed by atoms with E-state index in [-0.39, 0.29) is 0 Å². The van der Waals surface area contributed by atoms with E-state index in [1.54, 1.807) is 0 Å². The van der Waals surface area contributed by atoms with E-state index in [1.165, 1.54) is 21.9 Å². The van der Waals surface area contributed by atoms with Gasteiger partial charge in [-0.1, -0.05) is 206 Å². The lowest BCUT2D eigenvalue weighted by molar-refractivity contribution is 1.07. The fraction of sp³-hybridized carbons (Fsp3) is 0. The Morgan fingerprint density at radius 2 is 0.607 bits per heavy atom. The van der Waals surface area contributed by atoms with Crippen molar-refractivity contribution >= 4 is 21.8 Å². The lowest BCUT2D eigenvalue weighted by Crippen LogP contribution is -2.02. The van der Waals surface area contributed by atoms with Crippen molar-refractivity contribution in [1.29, 1.82) is 0 Å². The summed E-state index contributed by atoms with van der Waals surface area (Å²) < 4.78 is 2.40. The Kier molecular flexibility index (Phi) is 9.14. The molecule has 0 saturated heterocycles. The summed E-state index contributed by atoms with van der Waals surface area (Å²) in [7, 11) is 0. The normalized spacial score (nSPS) is 11.3. The zero-order valence-corrected chi connectivity index (χ0v) is 33.2. The van der Waals surface area contributed by atoms with Crippen molar-refractivity contribution in [3.05, 3.63) is 231 Å². The summed E-state index contributed by atoms with van der Waals surface area (Å²) in [6, 6.07) is 81.2. The number of rotatable bonds is 8. The van der Waals surface area contributed by atoms with Gasteiger partial charge in [-0.05, 0) is 63.2 Å². The Balaban J connectivity index is 1.11. The van der Waals surface area contributed by atoms with Crippen LogP contribution in [-0.2, 0) is 0 Å². The SMILES string of the molecule is c1ccc(-c2ccc(-c3nc(-c4ccc(-c5ccccc5)cc4)nc(-c4ccc(-c5cccc(-c6ccccc6)c5)c(-n5c6ccccc6c6ccccc65)c4)n3)cc2)cc1. The predicted octanol–water partition coefficient (Wildman–Crippen LogP) is 14.6. The van der Waals surface area contributed by atoms with Crippen molar-refractivity contribution in [3.8, 4) is 84.4 Å². The first-order valence-electron chi connectivity index (χ1n) is 20.6. The maximum atomic E-state index is 5.24. The van der Waals surface area contributed by atoms with Gasteiger partial charge >= 0.3 is 0 Å². The average Bonchev–Trinajstić information content (AvgIpc) is 3.69. The molecule has 0 unspecified atom stereocenters. The van der Waals surface area contributed by atoms with Crippen LogP contribution in [0.5, 0.6) is 0 Å². The third-order valence-electron chi connectivity index (χ3n) is 11.5. The molecule has 2 heterocycles. The monoisotopic (exact) mass is 778 g/mol. The van der Waals surface area contributed by atoms with Gasteiger partial charge in [-0.2, -0.15) is 0 Å². The largest absolute Gasteiger partial charge is 0.309 e. The maximum Gasteiger partial charge on any atom is 0.164 e. The molecule has 11 aromatic rings. The molecule has 0 bridgehead atoms. The first kappa shape index (κ1) is 35.9. The van der Waals surface area contributed by atoms with Crippen LogP contribution in [0.4, 0.5) is 0 Å². The third-order valence-corrected chi connectivity index (χ3v) is 11.5. The van der Waals surface area contributed by atoms with Gasteiger partial charge in [-0.15, -0.1) is 0 Å². The highest BCUT2D eigenvalue weighted by Gasteiger charge is 2.19. The van der Waals surface area contributed by atoms with Gasteiger partial charge in [0.1, 0.15) is 0 Å². The summed E-state index contributed by atoms with van der Waals surface area (Å²) >= 11 is 0. The maximum absolute atomic E-state index is 5.24. The summed E-state index contributed by atoms with van der Waals surface area (Å²) in [4.78, 5) is 15.6. The first-order valence-corrected chi connectivity index (χ1v) is 20.6. The second kappa shape index (κ2) is 15.5. The molecule has 4 nitrogen and oxygen atoms in total. The second-order valence-corrected chi connectivity index (χ2v) is 15.2. The molecule has 0 atom stereocenters. The van der Waals surface area contributed by atoms with Crippen molar-refractivity contribution in [3.63, 3.8) is 0 Å². The van der Waals surface area contributed by atoms with Gasteiger partial charge in [-0.25, -0.2) is 15.0 Å². The van der Waals surface area contributed by atoms with Gasteiger partial charge < -0.3 is 4.57 Å². The van der Waals surface area contributed by atoms with E-state index in [0.29, 0.717) is 17.5 Å². The Bertz CT molecular complexity index is 3160. The van der Waals surface area contributed by atoms with E-state index >= 15 is 0 Å². The standard InChI is InChI=1S/C57H38N4/c1-4-15-39(16-5-1)42-27-31-44(32-28-42)55-58-56(45-33-29-43(30-34-45)40-17-6-2-7-18-40)60-57(59-55)48-35-36-49(47-22-14-21-46(37-47)41-19-8-3-9-20-41)54(38-48)61-52-25-12-10-23-50(52)51-24-11-13-26-53(51)61/h1-38H. The van der Waals surface area contributed by atoms with E-state index in [0.717, 1.165) is 66.8 Å². The van der Waals surface area contributed by atoms with Gasteiger partial charge in [-0.3, -0.25) is 0 Å². The van der Waals surface area contributed by atoms with Crippen molar-refractivity contribution in [2.75, 3.05) is 0 Å². The molecule has 0 N–H and O–H groups in total. The van der Waals surface area contributed by atoms with E-state index in [4.69, 9.17) is 15.0 Å². The van der Waals surface area contributed by atoms with Crippen molar-refractivity contribution in [2.24, 2.45) is 0 Å². The zero-order chi connectivity index (χ0) is 40.5. The van der Waals surface area contributed by atoms with Crippen molar-refractivity contribution < 1.29 is 0 Å². The van der Waals surface area contributed by atoms with Crippen LogP contribution < -0.4 is 0 Å². The zero-order valence-electron chi connectivity index (χ0n) is 33.2. The van der Waals surface area contributed by atoms with Crippen LogP contribution in [0.2, 0.25) is 0 Å². The third kappa shape index (κ3) is 6.86. The Hall–Kier alpha value is -8.21. The van der Waals surface area contributed by atoms with Crippen LogP contribution in [0.3, 0.4) is 0 Å². The molecule has 0 aliphatic heterocycles. The van der Waals surface area contributed by atoms with Crippen LogP contribution in [0.25, 0.3) is 106 Å². The van der Waals surface area contributed by atoms with E-state index in [2.05, 4.69) is 223 Å². The van der Waals surface area contributed by atoms with Crippen LogP contribution >= 0.6 is 0 Å². The first-order chi connectivity index (χ1) is 30.2.